The Labute approximate surface area is 246 Å². The number of unbranched alkanes of at least 4 members (excludes halogenated alkanes) is 7. The van der Waals surface area contributed by atoms with E-state index in [0.29, 0.717) is 25.7 Å². The lowest BCUT2D eigenvalue weighted by atomic mass is 10.1. The van der Waals surface area contributed by atoms with Gasteiger partial charge in [-0.05, 0) is 44.6 Å². The van der Waals surface area contributed by atoms with Crippen molar-refractivity contribution < 1.29 is 42.7 Å². The van der Waals surface area contributed by atoms with Gasteiger partial charge in [0.15, 0.2) is 11.9 Å². The second kappa shape index (κ2) is 26.6. The monoisotopic (exact) mass is 598 g/mol. The fraction of sp³-hybridized carbons (Fsp3) is 0.645. The molecule has 0 aromatic rings. The molecular formula is C31H51O9P. The molecule has 0 saturated carbocycles. The fourth-order valence-electron chi connectivity index (χ4n) is 3.55. The van der Waals surface area contributed by atoms with Crippen LogP contribution in [0, 0.1) is 0 Å². The number of ether oxygens (including phenoxy) is 2. The van der Waals surface area contributed by atoms with Crippen LogP contribution in [-0.4, -0.2) is 46.8 Å². The third kappa shape index (κ3) is 29.0. The molecule has 0 aliphatic carbocycles. The van der Waals surface area contributed by atoms with Crippen molar-refractivity contribution in [3.63, 3.8) is 0 Å². The summed E-state index contributed by atoms with van der Waals surface area (Å²) >= 11 is 0. The first-order valence-electron chi connectivity index (χ1n) is 14.9. The van der Waals surface area contributed by atoms with Crippen molar-refractivity contribution in [3.05, 3.63) is 48.6 Å². The van der Waals surface area contributed by atoms with E-state index in [1.165, 1.54) is 0 Å². The smallest absolute Gasteiger partial charge is 0.462 e. The highest BCUT2D eigenvalue weighted by molar-refractivity contribution is 7.46. The van der Waals surface area contributed by atoms with Crippen molar-refractivity contribution in [2.24, 2.45) is 0 Å². The minimum atomic E-state index is -4.76. The molecular weight excluding hydrogens is 547 g/mol. The van der Waals surface area contributed by atoms with Crippen LogP contribution in [-0.2, 0) is 32.9 Å². The van der Waals surface area contributed by atoms with Gasteiger partial charge in [0.25, 0.3) is 0 Å². The molecule has 1 atom stereocenters. The minimum absolute atomic E-state index is 0.109. The van der Waals surface area contributed by atoms with Crippen molar-refractivity contribution in [2.45, 2.75) is 116 Å². The van der Waals surface area contributed by atoms with E-state index in [1.54, 1.807) is 12.2 Å². The van der Waals surface area contributed by atoms with Gasteiger partial charge in [0.2, 0.25) is 0 Å². The molecule has 0 fully saturated rings. The predicted molar refractivity (Wildman–Crippen MR) is 161 cm³/mol. The summed E-state index contributed by atoms with van der Waals surface area (Å²) in [6.45, 7) is 3.32. The number of phosphoric ester groups is 1. The summed E-state index contributed by atoms with van der Waals surface area (Å²) in [4.78, 5) is 53.7. The Kier molecular flexibility index (Phi) is 25.1. The fourth-order valence-corrected chi connectivity index (χ4v) is 3.91. The highest BCUT2D eigenvalue weighted by Crippen LogP contribution is 2.35. The molecule has 0 radical (unpaired) electrons. The van der Waals surface area contributed by atoms with Crippen molar-refractivity contribution in [3.8, 4) is 0 Å². The molecule has 0 amide bonds. The Morgan fingerprint density at radius 3 is 2.02 bits per heavy atom. The van der Waals surface area contributed by atoms with Gasteiger partial charge in [0.1, 0.15) is 6.61 Å². The molecule has 2 N–H and O–H groups in total. The number of esters is 2. The summed E-state index contributed by atoms with van der Waals surface area (Å²) in [7, 11) is -4.76. The second-order valence-electron chi connectivity index (χ2n) is 9.76. The zero-order chi connectivity index (χ0) is 30.6. The molecule has 9 nitrogen and oxygen atoms in total. The zero-order valence-electron chi connectivity index (χ0n) is 24.9. The van der Waals surface area contributed by atoms with Gasteiger partial charge in [-0.25, -0.2) is 4.57 Å². The summed E-state index contributed by atoms with van der Waals surface area (Å²) in [5.74, 6) is -0.845. The Morgan fingerprint density at radius 1 is 0.707 bits per heavy atom. The first kappa shape index (κ1) is 38.7. The van der Waals surface area contributed by atoms with E-state index in [0.717, 1.165) is 57.8 Å². The molecule has 0 heterocycles. The minimum Gasteiger partial charge on any atom is -0.462 e. The van der Waals surface area contributed by atoms with Crippen LogP contribution < -0.4 is 0 Å². The average Bonchev–Trinajstić information content (AvgIpc) is 2.92. The zero-order valence-corrected chi connectivity index (χ0v) is 25.8. The SMILES string of the molecule is CCCCCCCC(=O)OC[C@H](COP(=O)(O)O)OC(=O)CCC/C=C\C/C=C\C/C=C\C=C\C(=O)CCCCC. The Hall–Kier alpha value is -2.32. The van der Waals surface area contributed by atoms with Gasteiger partial charge in [0, 0.05) is 19.3 Å². The highest BCUT2D eigenvalue weighted by Gasteiger charge is 2.22. The molecule has 0 bridgehead atoms. The van der Waals surface area contributed by atoms with Crippen LogP contribution >= 0.6 is 7.82 Å². The van der Waals surface area contributed by atoms with Gasteiger partial charge in [0.05, 0.1) is 6.61 Å². The maximum absolute atomic E-state index is 12.2. The van der Waals surface area contributed by atoms with Crippen LogP contribution in [0.2, 0.25) is 0 Å². The number of carbonyl (C=O) groups is 3. The van der Waals surface area contributed by atoms with Gasteiger partial charge >= 0.3 is 19.8 Å². The number of phosphoric acid groups is 1. The summed E-state index contributed by atoms with van der Waals surface area (Å²) in [5, 5.41) is 0. The first-order chi connectivity index (χ1) is 19.7. The Balaban J connectivity index is 4.20. The van der Waals surface area contributed by atoms with Crippen molar-refractivity contribution in [2.75, 3.05) is 13.2 Å². The van der Waals surface area contributed by atoms with E-state index >= 15 is 0 Å². The average molecular weight is 599 g/mol. The van der Waals surface area contributed by atoms with Crippen molar-refractivity contribution in [1.82, 2.24) is 0 Å². The van der Waals surface area contributed by atoms with Crippen LogP contribution in [0.4, 0.5) is 0 Å². The number of hydrogen-bond donors (Lipinski definition) is 2. The third-order valence-corrected chi connectivity index (χ3v) is 6.31. The van der Waals surface area contributed by atoms with E-state index < -0.39 is 32.5 Å². The molecule has 234 valence electrons. The van der Waals surface area contributed by atoms with Crippen LogP contribution in [0.15, 0.2) is 48.6 Å². The maximum atomic E-state index is 12.2. The Morgan fingerprint density at radius 2 is 1.32 bits per heavy atom. The number of rotatable bonds is 26. The molecule has 41 heavy (non-hydrogen) atoms. The quantitative estimate of drug-likeness (QED) is 0.0264. The number of ketones is 1. The van der Waals surface area contributed by atoms with E-state index in [1.807, 2.05) is 36.5 Å². The molecule has 0 aromatic carbocycles. The van der Waals surface area contributed by atoms with E-state index in [9.17, 15) is 18.9 Å². The van der Waals surface area contributed by atoms with Gasteiger partial charge in [-0.1, -0.05) is 94.9 Å². The lowest BCUT2D eigenvalue weighted by Crippen LogP contribution is -2.29. The molecule has 0 rings (SSSR count). The van der Waals surface area contributed by atoms with Crippen molar-refractivity contribution >= 4 is 25.5 Å². The summed E-state index contributed by atoms with van der Waals surface area (Å²) in [6, 6.07) is 0. The number of hydrogen-bond acceptors (Lipinski definition) is 7. The van der Waals surface area contributed by atoms with Gasteiger partial charge in [-0.15, -0.1) is 0 Å². The first-order valence-corrected chi connectivity index (χ1v) is 16.4. The van der Waals surface area contributed by atoms with Crippen LogP contribution in [0.3, 0.4) is 0 Å². The van der Waals surface area contributed by atoms with Crippen LogP contribution in [0.1, 0.15) is 110 Å². The van der Waals surface area contributed by atoms with Crippen molar-refractivity contribution in [1.29, 1.82) is 0 Å². The summed E-state index contributed by atoms with van der Waals surface area (Å²) < 4.78 is 25.9. The normalized spacial score (nSPS) is 13.1. The lowest BCUT2D eigenvalue weighted by Gasteiger charge is -2.18. The van der Waals surface area contributed by atoms with E-state index in [-0.39, 0.29) is 25.2 Å². The van der Waals surface area contributed by atoms with E-state index in [2.05, 4.69) is 18.4 Å². The largest absolute Gasteiger partial charge is 0.469 e. The molecule has 0 aliphatic heterocycles. The third-order valence-electron chi connectivity index (χ3n) is 5.83. The molecule has 0 aromatic heterocycles. The molecule has 0 unspecified atom stereocenters. The molecule has 10 heteroatoms. The molecule has 0 spiro atoms. The van der Waals surface area contributed by atoms with E-state index in [4.69, 9.17) is 19.3 Å². The standard InChI is InChI=1S/C31H51O9P/c1-3-5-7-15-20-24-30(33)38-26-29(27-39-41(35,36)37)40-31(34)25-21-17-14-12-10-8-9-11-13-16-19-23-28(32)22-18-6-4-2/h8-9,12-14,16,19,23,29H,3-7,10-11,15,17-18,20-22,24-27H2,1-2H3,(H2,35,36,37)/b9-8-,14-12-,16-13-,23-19+/t29-/m1/s1. The lowest BCUT2D eigenvalue weighted by molar-refractivity contribution is -0.161. The number of carbonyl (C=O) groups excluding carboxylic acids is 3. The van der Waals surface area contributed by atoms with Gasteiger partial charge in [-0.3, -0.25) is 18.9 Å². The Bertz CT molecular complexity index is 871. The topological polar surface area (TPSA) is 136 Å². The predicted octanol–water partition coefficient (Wildman–Crippen LogP) is 7.24. The highest BCUT2D eigenvalue weighted by atomic mass is 31.2. The second-order valence-corrected chi connectivity index (χ2v) is 11.0. The summed E-state index contributed by atoms with van der Waals surface area (Å²) in [5.41, 5.74) is 0. The summed E-state index contributed by atoms with van der Waals surface area (Å²) in [6.07, 6.45) is 25.9. The number of allylic oxidation sites excluding steroid dienone is 8. The molecule has 0 aliphatic rings. The maximum Gasteiger partial charge on any atom is 0.469 e. The van der Waals surface area contributed by atoms with Gasteiger partial charge < -0.3 is 19.3 Å². The molecule has 0 saturated heterocycles. The van der Waals surface area contributed by atoms with Crippen LogP contribution in [0.5, 0.6) is 0 Å². The van der Waals surface area contributed by atoms with Crippen LogP contribution in [0.25, 0.3) is 0 Å². The van der Waals surface area contributed by atoms with Gasteiger partial charge in [-0.2, -0.15) is 0 Å².